The molecule has 18 heavy (non-hydrogen) atoms. The fourth-order valence-electron chi connectivity index (χ4n) is 2.49. The molecule has 0 heterocycles. The Bertz CT molecular complexity index is 513. The van der Waals surface area contributed by atoms with E-state index in [9.17, 15) is 8.42 Å². The maximum atomic E-state index is 11.2. The van der Waals surface area contributed by atoms with Gasteiger partial charge < -0.3 is 5.32 Å². The molecule has 5 heteroatoms. The van der Waals surface area contributed by atoms with Crippen molar-refractivity contribution >= 4 is 10.0 Å². The lowest BCUT2D eigenvalue weighted by Crippen LogP contribution is -2.25. The number of sulfonamides is 1. The predicted molar refractivity (Wildman–Crippen MR) is 71.5 cm³/mol. The highest BCUT2D eigenvalue weighted by Gasteiger charge is 2.20. The maximum Gasteiger partial charge on any atom is 0.238 e. The summed E-state index contributed by atoms with van der Waals surface area (Å²) in [4.78, 5) is 0.182. The predicted octanol–water partition coefficient (Wildman–Crippen LogP) is 1.61. The van der Waals surface area contributed by atoms with E-state index in [1.54, 1.807) is 12.1 Å². The van der Waals surface area contributed by atoms with Crippen molar-refractivity contribution in [2.45, 2.75) is 43.7 Å². The van der Waals surface area contributed by atoms with E-state index in [1.165, 1.54) is 25.3 Å². The Balaban J connectivity index is 1.98. The van der Waals surface area contributed by atoms with Gasteiger partial charge in [-0.1, -0.05) is 19.1 Å². The lowest BCUT2D eigenvalue weighted by atomic mass is 10.1. The topological polar surface area (TPSA) is 72.2 Å². The molecule has 0 bridgehead atoms. The smallest absolute Gasteiger partial charge is 0.238 e. The summed E-state index contributed by atoms with van der Waals surface area (Å²) in [5, 5.41) is 8.59. The third-order valence-corrected chi connectivity index (χ3v) is 4.43. The van der Waals surface area contributed by atoms with E-state index in [4.69, 9.17) is 5.14 Å². The van der Waals surface area contributed by atoms with Crippen molar-refractivity contribution in [3.8, 4) is 0 Å². The Morgan fingerprint density at radius 1 is 1.39 bits per heavy atom. The minimum atomic E-state index is -3.60. The first-order valence-corrected chi connectivity index (χ1v) is 7.85. The fourth-order valence-corrected chi connectivity index (χ4v) is 3.07. The van der Waals surface area contributed by atoms with Crippen LogP contribution in [0.4, 0.5) is 0 Å². The molecule has 3 N–H and O–H groups in total. The van der Waals surface area contributed by atoms with Crippen molar-refractivity contribution in [2.24, 2.45) is 11.1 Å². The van der Waals surface area contributed by atoms with Crippen LogP contribution in [0.5, 0.6) is 0 Å². The third-order valence-electron chi connectivity index (χ3n) is 3.52. The van der Waals surface area contributed by atoms with E-state index >= 15 is 0 Å². The molecule has 0 radical (unpaired) electrons. The highest BCUT2D eigenvalue weighted by atomic mass is 32.2. The van der Waals surface area contributed by atoms with Crippen molar-refractivity contribution < 1.29 is 8.42 Å². The molecule has 1 aliphatic carbocycles. The van der Waals surface area contributed by atoms with Gasteiger partial charge in [0.15, 0.2) is 0 Å². The Labute approximate surface area is 109 Å². The lowest BCUT2D eigenvalue weighted by Gasteiger charge is -2.12. The molecular formula is C13H20N2O2S. The molecule has 2 rings (SSSR count). The van der Waals surface area contributed by atoms with Gasteiger partial charge in [-0.2, -0.15) is 0 Å². The second kappa shape index (κ2) is 5.38. The molecule has 1 aromatic carbocycles. The number of primary sulfonamides is 1. The fraction of sp³-hybridized carbons (Fsp3) is 0.538. The Hall–Kier alpha value is -0.910. The standard InChI is InChI=1S/C13H20N2O2S/c1-10-5-6-12(7-10)15-9-11-3-2-4-13(8-11)18(14,16)17/h2-4,8,10,12,15H,5-7,9H2,1H3,(H2,14,16,17). The van der Waals surface area contributed by atoms with E-state index < -0.39 is 10.0 Å². The number of hydrogen-bond donors (Lipinski definition) is 2. The van der Waals surface area contributed by atoms with Crippen LogP contribution in [0.2, 0.25) is 0 Å². The first kappa shape index (κ1) is 13.5. The molecule has 0 amide bonds. The molecule has 1 aromatic rings. The van der Waals surface area contributed by atoms with Gasteiger partial charge in [0.25, 0.3) is 0 Å². The second-order valence-electron chi connectivity index (χ2n) is 5.19. The number of hydrogen-bond acceptors (Lipinski definition) is 3. The molecule has 1 aliphatic rings. The van der Waals surface area contributed by atoms with Gasteiger partial charge in [-0.3, -0.25) is 0 Å². The highest BCUT2D eigenvalue weighted by Crippen LogP contribution is 2.24. The van der Waals surface area contributed by atoms with Gasteiger partial charge in [-0.05, 0) is 42.9 Å². The summed E-state index contributed by atoms with van der Waals surface area (Å²) in [6.07, 6.45) is 3.68. The van der Waals surface area contributed by atoms with Crippen LogP contribution in [0.1, 0.15) is 31.7 Å². The Morgan fingerprint density at radius 3 is 2.78 bits per heavy atom. The molecule has 0 aliphatic heterocycles. The van der Waals surface area contributed by atoms with Crippen molar-refractivity contribution in [1.29, 1.82) is 0 Å². The third kappa shape index (κ3) is 3.54. The van der Waals surface area contributed by atoms with Crippen molar-refractivity contribution in [3.63, 3.8) is 0 Å². The van der Waals surface area contributed by atoms with E-state index in [1.807, 2.05) is 6.07 Å². The van der Waals surface area contributed by atoms with E-state index in [0.717, 1.165) is 11.5 Å². The molecular weight excluding hydrogens is 248 g/mol. The molecule has 1 fully saturated rings. The van der Waals surface area contributed by atoms with E-state index in [2.05, 4.69) is 12.2 Å². The van der Waals surface area contributed by atoms with Gasteiger partial charge in [0.2, 0.25) is 10.0 Å². The van der Waals surface area contributed by atoms with Crippen LogP contribution < -0.4 is 10.5 Å². The summed E-state index contributed by atoms with van der Waals surface area (Å²) in [7, 11) is -3.60. The van der Waals surface area contributed by atoms with Gasteiger partial charge >= 0.3 is 0 Å². The average molecular weight is 268 g/mol. The molecule has 2 atom stereocenters. The zero-order valence-corrected chi connectivity index (χ0v) is 11.4. The molecule has 1 saturated carbocycles. The average Bonchev–Trinajstić information content (AvgIpc) is 2.72. The van der Waals surface area contributed by atoms with Crippen LogP contribution in [0.25, 0.3) is 0 Å². The molecule has 4 nitrogen and oxygen atoms in total. The van der Waals surface area contributed by atoms with Gasteiger partial charge in [0.05, 0.1) is 4.90 Å². The number of nitrogens with two attached hydrogens (primary N) is 1. The Morgan fingerprint density at radius 2 is 2.17 bits per heavy atom. The van der Waals surface area contributed by atoms with Crippen LogP contribution >= 0.6 is 0 Å². The largest absolute Gasteiger partial charge is 0.310 e. The number of rotatable bonds is 4. The summed E-state index contributed by atoms with van der Waals surface area (Å²) >= 11 is 0. The molecule has 0 spiro atoms. The molecule has 100 valence electrons. The monoisotopic (exact) mass is 268 g/mol. The first-order valence-electron chi connectivity index (χ1n) is 6.30. The molecule has 0 aromatic heterocycles. The number of benzene rings is 1. The minimum Gasteiger partial charge on any atom is -0.310 e. The van der Waals surface area contributed by atoms with Gasteiger partial charge in [0, 0.05) is 12.6 Å². The van der Waals surface area contributed by atoms with Crippen molar-refractivity contribution in [1.82, 2.24) is 5.32 Å². The maximum absolute atomic E-state index is 11.2. The summed E-state index contributed by atoms with van der Waals surface area (Å²) in [5.74, 6) is 0.790. The summed E-state index contributed by atoms with van der Waals surface area (Å²) in [6.45, 7) is 2.96. The van der Waals surface area contributed by atoms with E-state index in [-0.39, 0.29) is 4.90 Å². The van der Waals surface area contributed by atoms with Crippen LogP contribution in [0, 0.1) is 5.92 Å². The SMILES string of the molecule is CC1CCC(NCc2cccc(S(N)(=O)=O)c2)C1. The second-order valence-corrected chi connectivity index (χ2v) is 6.75. The van der Waals surface area contributed by atoms with Crippen molar-refractivity contribution in [2.75, 3.05) is 0 Å². The van der Waals surface area contributed by atoms with Crippen molar-refractivity contribution in [3.05, 3.63) is 29.8 Å². The van der Waals surface area contributed by atoms with Gasteiger partial charge in [-0.25, -0.2) is 13.6 Å². The minimum absolute atomic E-state index is 0.182. The van der Waals surface area contributed by atoms with Gasteiger partial charge in [0.1, 0.15) is 0 Å². The van der Waals surface area contributed by atoms with Gasteiger partial charge in [-0.15, -0.1) is 0 Å². The normalized spacial score (nSPS) is 24.3. The lowest BCUT2D eigenvalue weighted by molar-refractivity contribution is 0.502. The summed E-state index contributed by atoms with van der Waals surface area (Å²) in [5.41, 5.74) is 0.959. The van der Waals surface area contributed by atoms with Crippen LogP contribution in [0.3, 0.4) is 0 Å². The summed E-state index contributed by atoms with van der Waals surface area (Å²) < 4.78 is 22.5. The zero-order valence-electron chi connectivity index (χ0n) is 10.6. The quantitative estimate of drug-likeness (QED) is 0.871. The first-order chi connectivity index (χ1) is 8.45. The summed E-state index contributed by atoms with van der Waals surface area (Å²) in [6, 6.07) is 7.36. The molecule has 0 saturated heterocycles. The Kier molecular flexibility index (Phi) is 4.04. The van der Waals surface area contributed by atoms with Crippen LogP contribution in [-0.4, -0.2) is 14.5 Å². The molecule has 2 unspecified atom stereocenters. The van der Waals surface area contributed by atoms with E-state index in [0.29, 0.717) is 12.6 Å². The number of nitrogens with one attached hydrogen (secondary N) is 1. The van der Waals surface area contributed by atoms with Crippen LogP contribution in [0.15, 0.2) is 29.2 Å². The zero-order chi connectivity index (χ0) is 13.2. The van der Waals surface area contributed by atoms with Crippen LogP contribution in [-0.2, 0) is 16.6 Å². The highest BCUT2D eigenvalue weighted by molar-refractivity contribution is 7.89.